The third-order valence-electron chi connectivity index (χ3n) is 3.97. The van der Waals surface area contributed by atoms with Gasteiger partial charge >= 0.3 is 0 Å². The Balaban J connectivity index is 1.84. The third-order valence-corrected chi connectivity index (χ3v) is 3.97. The van der Waals surface area contributed by atoms with Crippen molar-refractivity contribution in [2.24, 2.45) is 10.9 Å². The largest absolute Gasteiger partial charge is 0.294 e. The van der Waals surface area contributed by atoms with E-state index in [0.29, 0.717) is 0 Å². The molecule has 1 unspecified atom stereocenters. The smallest absolute Gasteiger partial charge is 0.0391 e. The van der Waals surface area contributed by atoms with Gasteiger partial charge in [0.15, 0.2) is 0 Å². The minimum absolute atomic E-state index is 0.983. The average Bonchev–Trinajstić information content (AvgIpc) is 2.26. The second kappa shape index (κ2) is 6.30. The zero-order chi connectivity index (χ0) is 10.3. The van der Waals surface area contributed by atoms with E-state index in [2.05, 4.69) is 0 Å². The molecular weight excluding hydrogens is 182 g/mol. The van der Waals surface area contributed by atoms with Crippen molar-refractivity contribution in [2.75, 3.05) is 6.54 Å². The maximum absolute atomic E-state index is 4.69. The van der Waals surface area contributed by atoms with Gasteiger partial charge in [-0.25, -0.2) is 0 Å². The highest BCUT2D eigenvalue weighted by atomic mass is 14.7. The molecule has 2 rings (SSSR count). The van der Waals surface area contributed by atoms with Crippen LogP contribution in [0.4, 0.5) is 0 Å². The number of hydrogen-bond acceptors (Lipinski definition) is 1. The summed E-state index contributed by atoms with van der Waals surface area (Å²) >= 11 is 0. The molecule has 1 heteroatoms. The van der Waals surface area contributed by atoms with Gasteiger partial charge in [0, 0.05) is 12.3 Å². The summed E-state index contributed by atoms with van der Waals surface area (Å²) in [6, 6.07) is 0. The van der Waals surface area contributed by atoms with Crippen LogP contribution in [0, 0.1) is 5.92 Å². The zero-order valence-electron chi connectivity index (χ0n) is 10.0. The van der Waals surface area contributed by atoms with Crippen LogP contribution >= 0.6 is 0 Å². The lowest BCUT2D eigenvalue weighted by molar-refractivity contribution is 0.421. The van der Waals surface area contributed by atoms with E-state index >= 15 is 0 Å². The summed E-state index contributed by atoms with van der Waals surface area (Å²) < 4.78 is 0. The highest BCUT2D eigenvalue weighted by molar-refractivity contribution is 5.85. The number of nitrogens with zero attached hydrogens (tertiary/aromatic N) is 1. The Bertz CT molecular complexity index is 207. The van der Waals surface area contributed by atoms with E-state index in [1.807, 2.05) is 0 Å². The lowest BCUT2D eigenvalue weighted by atomic mass is 9.88. The first-order valence-electron chi connectivity index (χ1n) is 6.97. The molecule has 1 heterocycles. The van der Waals surface area contributed by atoms with Crippen LogP contribution in [0.15, 0.2) is 4.99 Å². The standard InChI is InChI=1S/C14H25N/c1-2-4-6-8-13-10-11-15-14(12-13)9-7-5-3-1/h13H,1-12H2. The van der Waals surface area contributed by atoms with Crippen LogP contribution in [0.3, 0.4) is 0 Å². The fourth-order valence-corrected chi connectivity index (χ4v) is 2.98. The van der Waals surface area contributed by atoms with Gasteiger partial charge in [0.1, 0.15) is 0 Å². The van der Waals surface area contributed by atoms with E-state index in [9.17, 15) is 0 Å². The molecule has 0 amide bonds. The van der Waals surface area contributed by atoms with Crippen molar-refractivity contribution >= 4 is 5.71 Å². The SMILES string of the molecule is C1CCCCC2=NCCC(CCCC1)C2. The van der Waals surface area contributed by atoms with Gasteiger partial charge in [-0.3, -0.25) is 4.99 Å². The summed E-state index contributed by atoms with van der Waals surface area (Å²) in [5.74, 6) is 0.983. The van der Waals surface area contributed by atoms with Crippen molar-refractivity contribution in [3.8, 4) is 0 Å². The van der Waals surface area contributed by atoms with Gasteiger partial charge in [0.25, 0.3) is 0 Å². The van der Waals surface area contributed by atoms with Crippen molar-refractivity contribution in [3.63, 3.8) is 0 Å². The number of hydrogen-bond donors (Lipinski definition) is 0. The fraction of sp³-hybridized carbons (Fsp3) is 0.929. The molecule has 0 aromatic heterocycles. The molecule has 1 fully saturated rings. The Morgan fingerprint density at radius 1 is 0.800 bits per heavy atom. The minimum Gasteiger partial charge on any atom is -0.294 e. The fourth-order valence-electron chi connectivity index (χ4n) is 2.98. The van der Waals surface area contributed by atoms with Crippen LogP contribution in [0.5, 0.6) is 0 Å². The molecule has 0 aromatic carbocycles. The maximum atomic E-state index is 4.69. The van der Waals surface area contributed by atoms with Crippen molar-refractivity contribution in [1.82, 2.24) is 0 Å². The molecule has 2 aliphatic rings. The van der Waals surface area contributed by atoms with Crippen molar-refractivity contribution < 1.29 is 0 Å². The van der Waals surface area contributed by atoms with Crippen LogP contribution in [-0.4, -0.2) is 12.3 Å². The molecule has 0 N–H and O–H groups in total. The second-order valence-electron chi connectivity index (χ2n) is 5.32. The topological polar surface area (TPSA) is 12.4 Å². The minimum atomic E-state index is 0.983. The molecule has 2 bridgehead atoms. The van der Waals surface area contributed by atoms with Gasteiger partial charge in [-0.15, -0.1) is 0 Å². The average molecular weight is 207 g/mol. The van der Waals surface area contributed by atoms with Gasteiger partial charge in [-0.1, -0.05) is 44.9 Å². The van der Waals surface area contributed by atoms with Crippen LogP contribution in [0.25, 0.3) is 0 Å². The molecule has 86 valence electrons. The van der Waals surface area contributed by atoms with E-state index in [-0.39, 0.29) is 0 Å². The quantitative estimate of drug-likeness (QED) is 0.559. The van der Waals surface area contributed by atoms with Crippen molar-refractivity contribution in [2.45, 2.75) is 70.6 Å². The summed E-state index contributed by atoms with van der Waals surface area (Å²) in [6.45, 7) is 1.12. The monoisotopic (exact) mass is 207 g/mol. The molecule has 15 heavy (non-hydrogen) atoms. The summed E-state index contributed by atoms with van der Waals surface area (Å²) in [7, 11) is 0. The molecule has 0 radical (unpaired) electrons. The predicted octanol–water partition coefficient (Wildman–Crippen LogP) is 4.36. The van der Waals surface area contributed by atoms with E-state index in [4.69, 9.17) is 4.99 Å². The highest BCUT2D eigenvalue weighted by Crippen LogP contribution is 2.25. The van der Waals surface area contributed by atoms with Gasteiger partial charge in [0.2, 0.25) is 0 Å². The Morgan fingerprint density at radius 2 is 1.53 bits per heavy atom. The Labute approximate surface area is 94.4 Å². The first-order valence-corrected chi connectivity index (χ1v) is 6.97. The predicted molar refractivity (Wildman–Crippen MR) is 66.6 cm³/mol. The highest BCUT2D eigenvalue weighted by Gasteiger charge is 2.16. The lowest BCUT2D eigenvalue weighted by Gasteiger charge is -2.22. The number of aliphatic imine (C=N–C) groups is 1. The number of rotatable bonds is 0. The van der Waals surface area contributed by atoms with Crippen LogP contribution < -0.4 is 0 Å². The first kappa shape index (κ1) is 11.2. The summed E-state index contributed by atoms with van der Waals surface area (Å²) in [5, 5.41) is 0. The summed E-state index contributed by atoms with van der Waals surface area (Å²) in [5.41, 5.74) is 1.55. The number of fused-ring (bicyclic) bond motifs is 2. The normalized spacial score (nSPS) is 29.9. The summed E-state index contributed by atoms with van der Waals surface area (Å²) in [6.07, 6.45) is 15.6. The van der Waals surface area contributed by atoms with E-state index in [1.165, 1.54) is 70.6 Å². The van der Waals surface area contributed by atoms with Gasteiger partial charge in [-0.05, 0) is 31.6 Å². The molecule has 1 aliphatic heterocycles. The Morgan fingerprint density at radius 3 is 2.40 bits per heavy atom. The molecule has 0 spiro atoms. The third kappa shape index (κ3) is 3.96. The summed E-state index contributed by atoms with van der Waals surface area (Å²) in [4.78, 5) is 4.69. The Kier molecular flexibility index (Phi) is 4.69. The molecule has 1 atom stereocenters. The molecule has 1 saturated carbocycles. The zero-order valence-corrected chi connectivity index (χ0v) is 10.0. The van der Waals surface area contributed by atoms with Crippen LogP contribution in [-0.2, 0) is 0 Å². The van der Waals surface area contributed by atoms with Gasteiger partial charge < -0.3 is 0 Å². The van der Waals surface area contributed by atoms with Crippen LogP contribution in [0.1, 0.15) is 70.6 Å². The molecule has 0 saturated heterocycles. The van der Waals surface area contributed by atoms with Gasteiger partial charge in [0.05, 0.1) is 0 Å². The Hall–Kier alpha value is -0.330. The van der Waals surface area contributed by atoms with Gasteiger partial charge in [-0.2, -0.15) is 0 Å². The van der Waals surface area contributed by atoms with E-state index in [0.717, 1.165) is 12.5 Å². The molecule has 0 aromatic rings. The first-order chi connectivity index (χ1) is 7.45. The molecule has 1 aliphatic carbocycles. The maximum Gasteiger partial charge on any atom is 0.0391 e. The van der Waals surface area contributed by atoms with E-state index in [1.54, 1.807) is 5.71 Å². The second-order valence-corrected chi connectivity index (χ2v) is 5.32. The molecular formula is C14H25N. The molecule has 1 nitrogen and oxygen atoms in total. The van der Waals surface area contributed by atoms with Crippen molar-refractivity contribution in [3.05, 3.63) is 0 Å². The van der Waals surface area contributed by atoms with Crippen LogP contribution in [0.2, 0.25) is 0 Å². The van der Waals surface area contributed by atoms with Crippen molar-refractivity contribution in [1.29, 1.82) is 0 Å². The van der Waals surface area contributed by atoms with E-state index < -0.39 is 0 Å². The lowest BCUT2D eigenvalue weighted by Crippen LogP contribution is -2.16.